The molecule has 4 unspecified atom stereocenters. The van der Waals surface area contributed by atoms with Crippen LogP contribution in [0.15, 0.2) is 11.6 Å². The fourth-order valence-electron chi connectivity index (χ4n) is 14.0. The van der Waals surface area contributed by atoms with E-state index in [1.54, 1.807) is 0 Å². The van der Waals surface area contributed by atoms with Gasteiger partial charge in [0.1, 0.15) is 67.1 Å². The summed E-state index contributed by atoms with van der Waals surface area (Å²) >= 11 is 0. The first kappa shape index (κ1) is 46.2. The monoisotopic (exact) mass is 884 g/mol. The van der Waals surface area contributed by atoms with Crippen molar-refractivity contribution in [2.45, 2.75) is 203 Å². The zero-order chi connectivity index (χ0) is 44.2. The zero-order valence-electron chi connectivity index (χ0n) is 36.6. The lowest BCUT2D eigenvalue weighted by Crippen LogP contribution is -2.67. The third-order valence-corrected chi connectivity index (χ3v) is 17.7. The van der Waals surface area contributed by atoms with Crippen molar-refractivity contribution in [3.8, 4) is 0 Å². The fourth-order valence-corrected chi connectivity index (χ4v) is 14.0. The topological polar surface area (TPSA) is 256 Å². The molecule has 4 aliphatic carbocycles. The van der Waals surface area contributed by atoms with Crippen molar-refractivity contribution in [3.05, 3.63) is 11.6 Å². The van der Waals surface area contributed by atoms with Crippen molar-refractivity contribution in [1.82, 2.24) is 0 Å². The van der Waals surface area contributed by atoms with Gasteiger partial charge in [0.05, 0.1) is 38.1 Å². The minimum absolute atomic E-state index is 0.0356. The lowest BCUT2D eigenvalue weighted by Gasteiger charge is -2.58. The Kier molecular flexibility index (Phi) is 12.9. The van der Waals surface area contributed by atoms with Crippen LogP contribution in [0.2, 0.25) is 0 Å². The maximum absolute atomic E-state index is 12.0. The van der Waals surface area contributed by atoms with Crippen molar-refractivity contribution in [3.63, 3.8) is 0 Å². The van der Waals surface area contributed by atoms with Gasteiger partial charge in [-0.1, -0.05) is 39.3 Å². The summed E-state index contributed by atoms with van der Waals surface area (Å²) in [7, 11) is 0. The van der Waals surface area contributed by atoms with E-state index in [0.717, 1.165) is 51.6 Å². The molecule has 17 nitrogen and oxygen atoms in total. The van der Waals surface area contributed by atoms with Gasteiger partial charge >= 0.3 is 0 Å². The van der Waals surface area contributed by atoms with Gasteiger partial charge in [-0.2, -0.15) is 0 Å². The predicted octanol–water partition coefficient (Wildman–Crippen LogP) is 0.214. The molecule has 26 atom stereocenters. The molecule has 5 saturated heterocycles. The molecule has 17 heteroatoms. The number of ether oxygens (including phenoxy) is 8. The number of allylic oxidation sites excluding steroid dienone is 1. The highest BCUT2D eigenvalue weighted by atomic mass is 16.8. The molecular weight excluding hydrogens is 812 g/mol. The minimum Gasteiger partial charge on any atom is -0.394 e. The molecule has 1 spiro atoms. The molecule has 9 rings (SSSR count). The highest BCUT2D eigenvalue weighted by Gasteiger charge is 2.69. The number of fused-ring (bicyclic) bond motifs is 7. The number of aliphatic hydroxyl groups is 9. The smallest absolute Gasteiger partial charge is 0.187 e. The first-order chi connectivity index (χ1) is 29.4. The summed E-state index contributed by atoms with van der Waals surface area (Å²) in [5.41, 5.74) is 1.48. The molecule has 8 fully saturated rings. The van der Waals surface area contributed by atoms with Gasteiger partial charge in [-0.25, -0.2) is 0 Å². The van der Waals surface area contributed by atoms with Crippen LogP contribution in [0, 0.1) is 46.3 Å². The molecule has 9 aliphatic rings. The molecule has 0 amide bonds. The van der Waals surface area contributed by atoms with Gasteiger partial charge in [0.25, 0.3) is 0 Å². The highest BCUT2D eigenvalue weighted by Crippen LogP contribution is 2.70. The van der Waals surface area contributed by atoms with Crippen LogP contribution in [0.4, 0.5) is 0 Å². The van der Waals surface area contributed by atoms with E-state index < -0.39 is 111 Å². The third kappa shape index (κ3) is 7.49. The lowest BCUT2D eigenvalue weighted by molar-refractivity contribution is -0.389. The molecular formula is C45H72O17. The van der Waals surface area contributed by atoms with E-state index >= 15 is 0 Å². The molecule has 3 saturated carbocycles. The van der Waals surface area contributed by atoms with Gasteiger partial charge in [-0.05, 0) is 98.7 Å². The summed E-state index contributed by atoms with van der Waals surface area (Å²) in [6.07, 6.45) is -12.0. The Morgan fingerprint density at radius 1 is 0.677 bits per heavy atom. The first-order valence-corrected chi connectivity index (χ1v) is 23.4. The van der Waals surface area contributed by atoms with E-state index in [4.69, 9.17) is 37.9 Å². The summed E-state index contributed by atoms with van der Waals surface area (Å²) < 4.78 is 49.9. The van der Waals surface area contributed by atoms with Crippen LogP contribution in [-0.2, 0) is 37.9 Å². The Labute approximate surface area is 363 Å². The van der Waals surface area contributed by atoms with Gasteiger partial charge in [-0.15, -0.1) is 0 Å². The van der Waals surface area contributed by atoms with Crippen LogP contribution in [0.25, 0.3) is 0 Å². The maximum Gasteiger partial charge on any atom is 0.187 e. The first-order valence-electron chi connectivity index (χ1n) is 23.4. The fraction of sp³-hybridized carbons (Fsp3) is 0.956. The normalized spacial score (nSPS) is 57.6. The lowest BCUT2D eigenvalue weighted by atomic mass is 9.47. The predicted molar refractivity (Wildman–Crippen MR) is 214 cm³/mol. The Balaban J connectivity index is 0.917. The maximum atomic E-state index is 12.0. The standard InChI is InChI=1S/C45H72O17/c1-19-8-13-45(55-18-19)20(2)30-27(62-45)15-26-24-7-6-22-14-23(9-11-43(22,4)25(24)10-12-44(26,30)5)57-42-39(61-40-35(52)33(50)31(48)21(3)56-40)37(54)38(29(17-47)59-42)60-41-36(53)34(51)32(49)28(16-46)58-41/h6,19-21,23-42,46-54H,7-18H2,1-5H3/t19-,20+,21+,23+,24?,25?,26?,27+,28-,29-,30?,31+,32-,33-,34+,35-,36-,37+,38-,39-,40+,41+,42-,43+,44+,45-/m1/s1. The molecule has 0 radical (unpaired) electrons. The van der Waals surface area contributed by atoms with E-state index in [-0.39, 0.29) is 23.0 Å². The third-order valence-electron chi connectivity index (χ3n) is 17.7. The van der Waals surface area contributed by atoms with Crippen molar-refractivity contribution in [1.29, 1.82) is 0 Å². The zero-order valence-corrected chi connectivity index (χ0v) is 36.6. The minimum atomic E-state index is -1.82. The average molecular weight is 885 g/mol. The van der Waals surface area contributed by atoms with Crippen molar-refractivity contribution in [2.24, 2.45) is 46.3 Å². The molecule has 9 N–H and O–H groups in total. The molecule has 62 heavy (non-hydrogen) atoms. The second-order valence-electron chi connectivity index (χ2n) is 21.1. The summed E-state index contributed by atoms with van der Waals surface area (Å²) in [6.45, 7) is 10.4. The van der Waals surface area contributed by atoms with E-state index in [2.05, 4.69) is 33.8 Å². The van der Waals surface area contributed by atoms with Gasteiger partial charge < -0.3 is 83.9 Å². The second kappa shape index (κ2) is 17.3. The molecule has 5 heterocycles. The summed E-state index contributed by atoms with van der Waals surface area (Å²) in [5, 5.41) is 95.7. The van der Waals surface area contributed by atoms with Gasteiger partial charge in [-0.3, -0.25) is 0 Å². The summed E-state index contributed by atoms with van der Waals surface area (Å²) in [6, 6.07) is 0. The van der Waals surface area contributed by atoms with Gasteiger partial charge in [0.15, 0.2) is 24.7 Å². The van der Waals surface area contributed by atoms with Crippen molar-refractivity contribution < 1.29 is 83.9 Å². The quantitative estimate of drug-likeness (QED) is 0.148. The molecule has 0 aromatic rings. The molecule has 354 valence electrons. The van der Waals surface area contributed by atoms with Crippen LogP contribution in [0.5, 0.6) is 0 Å². The van der Waals surface area contributed by atoms with Crippen molar-refractivity contribution in [2.75, 3.05) is 19.8 Å². The second-order valence-corrected chi connectivity index (χ2v) is 21.1. The summed E-state index contributed by atoms with van der Waals surface area (Å²) in [4.78, 5) is 0. The van der Waals surface area contributed by atoms with E-state index in [1.165, 1.54) is 12.5 Å². The Hall–Kier alpha value is -0.940. The van der Waals surface area contributed by atoms with Crippen LogP contribution in [0.3, 0.4) is 0 Å². The largest absolute Gasteiger partial charge is 0.394 e. The van der Waals surface area contributed by atoms with Gasteiger partial charge in [0.2, 0.25) is 0 Å². The van der Waals surface area contributed by atoms with E-state index in [9.17, 15) is 46.0 Å². The number of hydrogen-bond donors (Lipinski definition) is 9. The van der Waals surface area contributed by atoms with E-state index in [0.29, 0.717) is 48.3 Å². The number of aliphatic hydroxyl groups excluding tert-OH is 9. The highest BCUT2D eigenvalue weighted by molar-refractivity contribution is 5.26. The Morgan fingerprint density at radius 3 is 2.05 bits per heavy atom. The number of hydrogen-bond acceptors (Lipinski definition) is 17. The summed E-state index contributed by atoms with van der Waals surface area (Å²) in [5.74, 6) is 2.56. The number of rotatable bonds is 8. The molecule has 0 aromatic carbocycles. The van der Waals surface area contributed by atoms with E-state index in [1.807, 2.05) is 0 Å². The Bertz CT molecular complexity index is 1610. The molecule has 0 bridgehead atoms. The molecule has 0 aromatic heterocycles. The van der Waals surface area contributed by atoms with Crippen molar-refractivity contribution >= 4 is 0 Å². The average Bonchev–Trinajstić information content (AvgIpc) is 3.70. The Morgan fingerprint density at radius 2 is 1.35 bits per heavy atom. The van der Waals surface area contributed by atoms with Gasteiger partial charge in [0, 0.05) is 12.3 Å². The van der Waals surface area contributed by atoms with Crippen LogP contribution in [0.1, 0.15) is 92.4 Å². The molecule has 5 aliphatic heterocycles. The van der Waals surface area contributed by atoms with Crippen LogP contribution >= 0.6 is 0 Å². The van der Waals surface area contributed by atoms with Crippen LogP contribution < -0.4 is 0 Å². The van der Waals surface area contributed by atoms with Crippen LogP contribution in [-0.4, -0.2) is 176 Å². The SMILES string of the molecule is C[C@@H]1CC[C@@]2(OC1)O[C@H]1CC3C4CC=C5C[C@@H](O[C@@H]6O[C@H](CO)[C@@H](O[C@@H]7O[C@H](CO)[C@@H](O)[C@H](O)[C@H]7O)[C@H](O)[C@H]6O[C@@H]6O[C@@H](C)[C@H](O)[C@@H](O)[C@H]6O)CC[C@]5(C)C4CC[C@]3(C)C1[C@@H]2C.